The van der Waals surface area contributed by atoms with E-state index in [9.17, 15) is 31.1 Å². The molecular formula is C25H15F6N3O2. The van der Waals surface area contributed by atoms with E-state index in [0.29, 0.717) is 33.4 Å². The van der Waals surface area contributed by atoms with Crippen LogP contribution >= 0.6 is 0 Å². The zero-order valence-electron chi connectivity index (χ0n) is 18.1. The Morgan fingerprint density at radius 2 is 1.33 bits per heavy atom. The first kappa shape index (κ1) is 24.7. The monoisotopic (exact) mass is 503 g/mol. The molecule has 0 bridgehead atoms. The molecule has 5 nitrogen and oxygen atoms in total. The van der Waals surface area contributed by atoms with Crippen molar-refractivity contribution in [2.75, 3.05) is 5.32 Å². The number of nitrogens with zero attached hydrogens (tertiary/aromatic N) is 2. The summed E-state index contributed by atoms with van der Waals surface area (Å²) < 4.78 is 82.4. The molecule has 184 valence electrons. The summed E-state index contributed by atoms with van der Waals surface area (Å²) in [5, 5.41) is 9.99. The first-order chi connectivity index (χ1) is 17.0. The number of alkyl halides is 6. The van der Waals surface area contributed by atoms with E-state index in [4.69, 9.17) is 0 Å². The average Bonchev–Trinajstić information content (AvgIpc) is 3.31. The minimum absolute atomic E-state index is 0.310. The predicted molar refractivity (Wildman–Crippen MR) is 120 cm³/mol. The normalized spacial score (nSPS) is 12.2. The number of nitrogens with one attached hydrogen (secondary N) is 1. The van der Waals surface area contributed by atoms with Crippen molar-refractivity contribution in [3.8, 4) is 0 Å². The third-order valence-corrected chi connectivity index (χ3v) is 5.10. The molecule has 11 heteroatoms. The number of amides is 1. The highest BCUT2D eigenvalue weighted by molar-refractivity contribution is 6.04. The molecule has 0 atom stereocenters. The van der Waals surface area contributed by atoms with E-state index in [-0.39, 0.29) is 0 Å². The number of fused-ring (bicyclic) bond motifs is 1. The van der Waals surface area contributed by atoms with Crippen LogP contribution in [0.25, 0.3) is 16.6 Å². The van der Waals surface area contributed by atoms with Gasteiger partial charge in [0.25, 0.3) is 0 Å². The molecule has 0 saturated heterocycles. The molecule has 0 aliphatic carbocycles. The van der Waals surface area contributed by atoms with Gasteiger partial charge in [0.05, 0.1) is 16.8 Å². The lowest BCUT2D eigenvalue weighted by atomic mass is 9.95. The number of benzene rings is 3. The fourth-order valence-electron chi connectivity index (χ4n) is 3.35. The van der Waals surface area contributed by atoms with Crippen LogP contribution in [0.5, 0.6) is 0 Å². The molecule has 0 aliphatic heterocycles. The number of anilines is 1. The van der Waals surface area contributed by atoms with Crippen LogP contribution in [0.3, 0.4) is 0 Å². The number of carbonyl (C=O) groups excluding carboxylic acids is 1. The number of hydrogen-bond donors (Lipinski definition) is 1. The molecule has 1 heterocycles. The maximum Gasteiger partial charge on any atom is 0.416 e. The van der Waals surface area contributed by atoms with Crippen LogP contribution in [-0.2, 0) is 17.1 Å². The largest absolute Gasteiger partial charge is 0.416 e. The van der Waals surface area contributed by atoms with Gasteiger partial charge in [-0.15, -0.1) is 0 Å². The number of aromatic nitrogens is 2. The van der Waals surface area contributed by atoms with Crippen molar-refractivity contribution in [2.24, 2.45) is 0 Å². The summed E-state index contributed by atoms with van der Waals surface area (Å²) in [6, 6.07) is 13.2. The quantitative estimate of drug-likeness (QED) is 0.183. The smallest absolute Gasteiger partial charge is 0.320 e. The summed E-state index contributed by atoms with van der Waals surface area (Å²) in [7, 11) is 0. The Morgan fingerprint density at radius 3 is 1.86 bits per heavy atom. The number of hydrogen-bond acceptors (Lipinski definition) is 4. The van der Waals surface area contributed by atoms with Crippen LogP contribution in [0.15, 0.2) is 89.6 Å². The van der Waals surface area contributed by atoms with Gasteiger partial charge in [-0.1, -0.05) is 42.5 Å². The van der Waals surface area contributed by atoms with Gasteiger partial charge in [0, 0.05) is 6.08 Å². The van der Waals surface area contributed by atoms with Crippen LogP contribution in [0.1, 0.15) is 22.3 Å². The van der Waals surface area contributed by atoms with Crippen LogP contribution in [0.4, 0.5) is 32.0 Å². The highest BCUT2D eigenvalue weighted by atomic mass is 19.4. The molecule has 0 aliphatic rings. The molecule has 0 spiro atoms. The summed E-state index contributed by atoms with van der Waals surface area (Å²) in [6.07, 6.45) is -5.18. The molecule has 4 rings (SSSR count). The Labute approximate surface area is 199 Å². The fourth-order valence-corrected chi connectivity index (χ4v) is 3.35. The zero-order valence-corrected chi connectivity index (χ0v) is 18.1. The Morgan fingerprint density at radius 1 is 0.778 bits per heavy atom. The van der Waals surface area contributed by atoms with Crippen molar-refractivity contribution < 1.29 is 35.8 Å². The minimum Gasteiger partial charge on any atom is -0.320 e. The number of allylic oxidation sites excluding steroid dienone is 2. The fraction of sp³-hybridized carbons (Fsp3) is 0.0800. The molecule has 0 saturated carbocycles. The lowest BCUT2D eigenvalue weighted by Gasteiger charge is -2.12. The number of carbonyl (C=O) groups is 1. The van der Waals surface area contributed by atoms with Gasteiger partial charge < -0.3 is 5.32 Å². The molecule has 3 aromatic carbocycles. The second-order valence-corrected chi connectivity index (χ2v) is 7.52. The Kier molecular flexibility index (Phi) is 6.65. The SMILES string of the molecule is O=C(C=CC=C(c1ccc(C(F)(F)F)cc1)c1ccc(C(F)(F)F)cc1)Nc1cccc2nonc12. The van der Waals surface area contributed by atoms with E-state index in [1.807, 2.05) is 0 Å². The summed E-state index contributed by atoms with van der Waals surface area (Å²) in [4.78, 5) is 12.4. The number of halogens is 6. The molecule has 0 unspecified atom stereocenters. The molecule has 1 amide bonds. The van der Waals surface area contributed by atoms with Crippen LogP contribution in [-0.4, -0.2) is 16.2 Å². The van der Waals surface area contributed by atoms with Crippen molar-refractivity contribution in [3.63, 3.8) is 0 Å². The molecule has 4 aromatic rings. The van der Waals surface area contributed by atoms with Gasteiger partial charge in [-0.25, -0.2) is 4.63 Å². The third kappa shape index (κ3) is 5.62. The molecule has 0 fully saturated rings. The van der Waals surface area contributed by atoms with Gasteiger partial charge in [0.1, 0.15) is 5.52 Å². The van der Waals surface area contributed by atoms with Crippen molar-refractivity contribution in [1.29, 1.82) is 0 Å². The van der Waals surface area contributed by atoms with E-state index in [2.05, 4.69) is 20.3 Å². The summed E-state index contributed by atoms with van der Waals surface area (Å²) >= 11 is 0. The van der Waals surface area contributed by atoms with Gasteiger partial charge in [-0.2, -0.15) is 26.3 Å². The second kappa shape index (κ2) is 9.68. The van der Waals surface area contributed by atoms with E-state index in [1.165, 1.54) is 36.4 Å². The highest BCUT2D eigenvalue weighted by Crippen LogP contribution is 2.33. The first-order valence-corrected chi connectivity index (χ1v) is 10.3. The Balaban J connectivity index is 1.63. The molecule has 0 radical (unpaired) electrons. The summed E-state index contributed by atoms with van der Waals surface area (Å²) in [5.74, 6) is -0.555. The lowest BCUT2D eigenvalue weighted by Crippen LogP contribution is -2.08. The van der Waals surface area contributed by atoms with Crippen molar-refractivity contribution >= 4 is 28.2 Å². The first-order valence-electron chi connectivity index (χ1n) is 10.3. The zero-order chi connectivity index (χ0) is 25.9. The van der Waals surface area contributed by atoms with E-state index >= 15 is 0 Å². The minimum atomic E-state index is -4.54. The Bertz CT molecular complexity index is 1370. The standard InChI is InChI=1S/C25H15F6N3O2/c26-24(27,28)17-11-7-15(8-12-17)19(16-9-13-18(14-10-16)25(29,30)31)3-1-6-22(35)32-20-4-2-5-21-23(20)34-36-33-21/h1-14H,(H,32,35). The Hall–Kier alpha value is -4.41. The van der Waals surface area contributed by atoms with Crippen LogP contribution in [0.2, 0.25) is 0 Å². The van der Waals surface area contributed by atoms with Crippen molar-refractivity contribution in [2.45, 2.75) is 12.4 Å². The van der Waals surface area contributed by atoms with Gasteiger partial charge in [-0.3, -0.25) is 4.79 Å². The lowest BCUT2D eigenvalue weighted by molar-refractivity contribution is -0.138. The van der Waals surface area contributed by atoms with E-state index in [1.54, 1.807) is 18.2 Å². The van der Waals surface area contributed by atoms with Crippen molar-refractivity contribution in [1.82, 2.24) is 10.3 Å². The van der Waals surface area contributed by atoms with Crippen LogP contribution in [0, 0.1) is 0 Å². The van der Waals surface area contributed by atoms with Crippen LogP contribution < -0.4 is 5.32 Å². The molecule has 36 heavy (non-hydrogen) atoms. The van der Waals surface area contributed by atoms with Gasteiger partial charge in [-0.05, 0) is 63.4 Å². The topological polar surface area (TPSA) is 68.0 Å². The van der Waals surface area contributed by atoms with Gasteiger partial charge in [0.2, 0.25) is 5.91 Å². The average molecular weight is 503 g/mol. The molecule has 1 aromatic heterocycles. The summed E-state index contributed by atoms with van der Waals surface area (Å²) in [5.41, 5.74) is 0.308. The second-order valence-electron chi connectivity index (χ2n) is 7.52. The molecular weight excluding hydrogens is 488 g/mol. The maximum absolute atomic E-state index is 13.0. The predicted octanol–water partition coefficient (Wildman–Crippen LogP) is 6.89. The van der Waals surface area contributed by atoms with Gasteiger partial charge in [0.15, 0.2) is 5.52 Å². The van der Waals surface area contributed by atoms with E-state index in [0.717, 1.165) is 30.3 Å². The maximum atomic E-state index is 13.0. The van der Waals surface area contributed by atoms with E-state index < -0.39 is 29.4 Å². The van der Waals surface area contributed by atoms with Crippen molar-refractivity contribution in [3.05, 3.63) is 107 Å². The summed E-state index contributed by atoms with van der Waals surface area (Å²) in [6.45, 7) is 0. The van der Waals surface area contributed by atoms with Gasteiger partial charge >= 0.3 is 12.4 Å². The third-order valence-electron chi connectivity index (χ3n) is 5.10. The number of rotatable bonds is 5. The highest BCUT2D eigenvalue weighted by Gasteiger charge is 2.31. The molecule has 1 N–H and O–H groups in total.